The van der Waals surface area contributed by atoms with Crippen LogP contribution in [0.1, 0.15) is 64.2 Å². The van der Waals surface area contributed by atoms with Crippen molar-refractivity contribution in [2.24, 2.45) is 40.9 Å². The Balaban J connectivity index is 1.52. The van der Waals surface area contributed by atoms with Crippen molar-refractivity contribution in [3.8, 4) is 0 Å². The summed E-state index contributed by atoms with van der Waals surface area (Å²) in [5.41, 5.74) is 21.5. The molecule has 5 nitrogen and oxygen atoms in total. The highest BCUT2D eigenvalue weighted by molar-refractivity contribution is 5.79. The molecular weight excluding hydrogens is 346 g/mol. The van der Waals surface area contributed by atoms with Gasteiger partial charge in [-0.3, -0.25) is 5.41 Å². The minimum Gasteiger partial charge on any atom is -0.370 e. The Morgan fingerprint density at radius 3 is 1.36 bits per heavy atom. The summed E-state index contributed by atoms with van der Waals surface area (Å²) in [5.74, 6) is 2.67. The van der Waals surface area contributed by atoms with Gasteiger partial charge in [-0.15, -0.1) is 0 Å². The Kier molecular flexibility index (Phi) is 3.04. The average molecular weight is 382 g/mol. The standard InChI is InChI=1S/C23H35N5/c1-13-20(26)5-15-3-16(6-20)10-22(13,9-15)28(19(24)25)23-11-17-4-18(12-23)8-21(27,7-17)14(23)2/h15-18H,1-12,26-27H2,(H3,24,25). The van der Waals surface area contributed by atoms with Gasteiger partial charge in [0, 0.05) is 11.1 Å². The van der Waals surface area contributed by atoms with Crippen LogP contribution in [0.5, 0.6) is 0 Å². The van der Waals surface area contributed by atoms with Crippen molar-refractivity contribution in [1.29, 1.82) is 5.41 Å². The van der Waals surface area contributed by atoms with Gasteiger partial charge in [-0.05, 0) is 99.0 Å². The van der Waals surface area contributed by atoms with Crippen molar-refractivity contribution in [3.05, 3.63) is 24.3 Å². The van der Waals surface area contributed by atoms with Gasteiger partial charge in [0.15, 0.2) is 5.96 Å². The summed E-state index contributed by atoms with van der Waals surface area (Å²) < 4.78 is 0. The molecule has 8 saturated carbocycles. The van der Waals surface area contributed by atoms with E-state index < -0.39 is 0 Å². The SMILES string of the molecule is C=C1C2(N)CC3CC(C2)CC1(N(C(=N)N)C12CC4CC(CC(N)(C4)C1=C)C2)C3. The highest BCUT2D eigenvalue weighted by atomic mass is 15.4. The number of nitrogens with two attached hydrogens (primary N) is 3. The summed E-state index contributed by atoms with van der Waals surface area (Å²) in [5, 5.41) is 8.77. The first kappa shape index (κ1) is 17.5. The van der Waals surface area contributed by atoms with E-state index >= 15 is 0 Å². The van der Waals surface area contributed by atoms with Crippen molar-refractivity contribution < 1.29 is 0 Å². The van der Waals surface area contributed by atoms with Crippen LogP contribution < -0.4 is 17.2 Å². The van der Waals surface area contributed by atoms with Crippen LogP contribution in [0, 0.1) is 29.1 Å². The highest BCUT2D eigenvalue weighted by Crippen LogP contribution is 2.67. The van der Waals surface area contributed by atoms with E-state index in [1.807, 2.05) is 0 Å². The van der Waals surface area contributed by atoms with Gasteiger partial charge in [0.05, 0.1) is 11.1 Å². The van der Waals surface area contributed by atoms with E-state index in [1.165, 1.54) is 12.8 Å². The van der Waals surface area contributed by atoms with Gasteiger partial charge in [0.1, 0.15) is 0 Å². The van der Waals surface area contributed by atoms with Crippen LogP contribution in [0.25, 0.3) is 0 Å². The first-order valence-electron chi connectivity index (χ1n) is 11.2. The lowest BCUT2D eigenvalue weighted by atomic mass is 9.44. The molecule has 0 aliphatic heterocycles. The largest absolute Gasteiger partial charge is 0.370 e. The number of nitrogens with one attached hydrogen (secondary N) is 1. The quantitative estimate of drug-likeness (QED) is 0.335. The predicted molar refractivity (Wildman–Crippen MR) is 111 cm³/mol. The molecule has 0 aromatic heterocycles. The van der Waals surface area contributed by atoms with E-state index in [0.29, 0.717) is 23.7 Å². The summed E-state index contributed by atoms with van der Waals surface area (Å²) in [6, 6.07) is 0. The smallest absolute Gasteiger partial charge is 0.189 e. The van der Waals surface area contributed by atoms with Gasteiger partial charge in [-0.25, -0.2) is 0 Å². The fraction of sp³-hybridized carbons (Fsp3) is 0.783. The Morgan fingerprint density at radius 2 is 1.07 bits per heavy atom. The molecule has 8 fully saturated rings. The van der Waals surface area contributed by atoms with Crippen LogP contribution in [-0.4, -0.2) is 33.0 Å². The monoisotopic (exact) mass is 381 g/mol. The minimum absolute atomic E-state index is 0.179. The molecule has 0 aromatic rings. The molecule has 5 heteroatoms. The molecule has 8 aliphatic carbocycles. The van der Waals surface area contributed by atoms with E-state index in [0.717, 1.165) is 62.5 Å². The first-order chi connectivity index (χ1) is 13.1. The summed E-state index contributed by atoms with van der Waals surface area (Å²) in [6.45, 7) is 9.18. The van der Waals surface area contributed by atoms with E-state index in [2.05, 4.69) is 18.1 Å². The molecule has 28 heavy (non-hydrogen) atoms. The summed E-state index contributed by atoms with van der Waals surface area (Å²) in [7, 11) is 0. The van der Waals surface area contributed by atoms with Crippen LogP contribution in [0.4, 0.5) is 0 Å². The third-order valence-corrected chi connectivity index (χ3v) is 9.87. The van der Waals surface area contributed by atoms with Crippen molar-refractivity contribution in [2.45, 2.75) is 86.4 Å². The molecule has 0 heterocycles. The molecule has 4 atom stereocenters. The van der Waals surface area contributed by atoms with Crippen LogP contribution in [-0.2, 0) is 0 Å². The first-order valence-corrected chi connectivity index (χ1v) is 11.2. The summed E-state index contributed by atoms with van der Waals surface area (Å²) >= 11 is 0. The van der Waals surface area contributed by atoms with Gasteiger partial charge in [0.2, 0.25) is 0 Å². The second kappa shape index (κ2) is 4.86. The highest BCUT2D eigenvalue weighted by Gasteiger charge is 2.68. The van der Waals surface area contributed by atoms with Gasteiger partial charge >= 0.3 is 0 Å². The van der Waals surface area contributed by atoms with E-state index in [1.54, 1.807) is 0 Å². The molecule has 8 bridgehead atoms. The molecule has 0 saturated heterocycles. The summed E-state index contributed by atoms with van der Waals surface area (Å²) in [4.78, 5) is 2.29. The number of rotatable bonds is 2. The Morgan fingerprint density at radius 1 is 0.750 bits per heavy atom. The van der Waals surface area contributed by atoms with E-state index in [4.69, 9.17) is 22.6 Å². The number of hydrogen-bond acceptors (Lipinski definition) is 3. The molecule has 7 N–H and O–H groups in total. The average Bonchev–Trinajstić information content (AvgIpc) is 2.55. The van der Waals surface area contributed by atoms with Crippen LogP contribution in [0.2, 0.25) is 0 Å². The van der Waals surface area contributed by atoms with Gasteiger partial charge in [0.25, 0.3) is 0 Å². The zero-order chi connectivity index (χ0) is 19.7. The van der Waals surface area contributed by atoms with Crippen LogP contribution in [0.3, 0.4) is 0 Å². The Hall–Kier alpha value is -1.33. The van der Waals surface area contributed by atoms with E-state index in [9.17, 15) is 0 Å². The Labute approximate surface area is 168 Å². The molecule has 0 spiro atoms. The maximum atomic E-state index is 8.77. The fourth-order valence-corrected chi connectivity index (χ4v) is 9.62. The molecule has 0 radical (unpaired) electrons. The molecule has 0 aromatic carbocycles. The fourth-order valence-electron chi connectivity index (χ4n) is 9.62. The predicted octanol–water partition coefficient (Wildman–Crippen LogP) is 2.61. The molecule has 4 unspecified atom stereocenters. The second-order valence-corrected chi connectivity index (χ2v) is 11.6. The lowest BCUT2D eigenvalue weighted by Gasteiger charge is -2.72. The van der Waals surface area contributed by atoms with Crippen LogP contribution in [0.15, 0.2) is 24.3 Å². The molecule has 0 amide bonds. The third-order valence-electron chi connectivity index (χ3n) is 9.87. The second-order valence-electron chi connectivity index (χ2n) is 11.6. The van der Waals surface area contributed by atoms with Gasteiger partial charge in [-0.1, -0.05) is 13.2 Å². The van der Waals surface area contributed by atoms with Gasteiger partial charge < -0.3 is 22.1 Å². The Bertz CT molecular complexity index is 724. The number of guanidine groups is 1. The lowest BCUT2D eigenvalue weighted by molar-refractivity contribution is -0.101. The zero-order valence-electron chi connectivity index (χ0n) is 17.0. The molecule has 8 rings (SSSR count). The van der Waals surface area contributed by atoms with Crippen molar-refractivity contribution in [2.75, 3.05) is 0 Å². The van der Waals surface area contributed by atoms with Crippen LogP contribution >= 0.6 is 0 Å². The molecule has 8 aliphatic rings. The normalized spacial score (nSPS) is 55.8. The number of nitrogens with zero attached hydrogens (tertiary/aromatic N) is 1. The van der Waals surface area contributed by atoms with Crippen molar-refractivity contribution >= 4 is 5.96 Å². The maximum Gasteiger partial charge on any atom is 0.189 e. The zero-order valence-corrected chi connectivity index (χ0v) is 17.0. The van der Waals surface area contributed by atoms with Crippen molar-refractivity contribution in [3.63, 3.8) is 0 Å². The summed E-state index contributed by atoms with van der Waals surface area (Å²) in [6.07, 6.45) is 10.9. The maximum absolute atomic E-state index is 8.77. The van der Waals surface area contributed by atoms with Gasteiger partial charge in [-0.2, -0.15) is 0 Å². The third kappa shape index (κ3) is 1.84. The topological polar surface area (TPSA) is 105 Å². The van der Waals surface area contributed by atoms with Crippen molar-refractivity contribution in [1.82, 2.24) is 4.90 Å². The minimum atomic E-state index is -0.290. The number of hydrogen-bond donors (Lipinski definition) is 4. The lowest BCUT2D eigenvalue weighted by Crippen LogP contribution is -2.79. The van der Waals surface area contributed by atoms with E-state index in [-0.39, 0.29) is 28.1 Å². The molecule has 152 valence electrons. The molecular formula is C23H35N5.